The predicted molar refractivity (Wildman–Crippen MR) is 55.0 cm³/mol. The third kappa shape index (κ3) is 1.11. The monoisotopic (exact) mass is 219 g/mol. The highest BCUT2D eigenvalue weighted by Crippen LogP contribution is 2.29. The zero-order chi connectivity index (χ0) is 11.3. The molecule has 0 aliphatic carbocycles. The summed E-state index contributed by atoms with van der Waals surface area (Å²) in [7, 11) is 0. The minimum atomic E-state index is -1.05. The van der Waals surface area contributed by atoms with Crippen molar-refractivity contribution >= 4 is 28.0 Å². The Hall–Kier alpha value is -2.30. The lowest BCUT2D eigenvalue weighted by Gasteiger charge is -1.89. The van der Waals surface area contributed by atoms with Crippen LogP contribution in [0.1, 0.15) is 10.5 Å². The van der Waals surface area contributed by atoms with Crippen LogP contribution in [0.2, 0.25) is 0 Å². The first-order valence-corrected chi connectivity index (χ1v) is 4.59. The van der Waals surface area contributed by atoms with Gasteiger partial charge in [0, 0.05) is 16.8 Å². The smallest absolute Gasteiger partial charge is 0.352 e. The molecule has 0 fully saturated rings. The summed E-state index contributed by atoms with van der Waals surface area (Å²) < 4.78 is 18.2. The molecule has 0 bridgehead atoms. The number of carbonyl (C=O) groups is 1. The van der Waals surface area contributed by atoms with Crippen LogP contribution in [0.25, 0.3) is 22.1 Å². The van der Waals surface area contributed by atoms with Crippen molar-refractivity contribution in [2.75, 3.05) is 0 Å². The first-order valence-electron chi connectivity index (χ1n) is 4.59. The number of halogens is 1. The van der Waals surface area contributed by atoms with Crippen molar-refractivity contribution < 1.29 is 18.7 Å². The molecule has 0 unspecified atom stereocenters. The van der Waals surface area contributed by atoms with Crippen molar-refractivity contribution in [2.45, 2.75) is 0 Å². The van der Waals surface area contributed by atoms with Crippen LogP contribution in [-0.2, 0) is 0 Å². The highest BCUT2D eigenvalue weighted by atomic mass is 19.1. The normalized spacial score (nSPS) is 11.3. The number of aromatic carboxylic acids is 1. The Kier molecular flexibility index (Phi) is 1.60. The number of aromatic amines is 1. The number of hydrogen-bond acceptors (Lipinski definition) is 2. The fourth-order valence-corrected chi connectivity index (χ4v) is 1.74. The molecule has 80 valence electrons. The summed E-state index contributed by atoms with van der Waals surface area (Å²) in [5.41, 5.74) is 0.802. The van der Waals surface area contributed by atoms with Crippen LogP contribution >= 0.6 is 0 Å². The molecule has 1 aromatic carbocycles. The molecule has 2 N–H and O–H groups in total. The van der Waals surface area contributed by atoms with E-state index in [4.69, 9.17) is 9.52 Å². The van der Waals surface area contributed by atoms with E-state index < -0.39 is 5.97 Å². The summed E-state index contributed by atoms with van der Waals surface area (Å²) in [5.74, 6) is -1.44. The van der Waals surface area contributed by atoms with E-state index in [0.29, 0.717) is 22.1 Å². The molecule has 0 saturated carbocycles. The largest absolute Gasteiger partial charge is 0.477 e. The van der Waals surface area contributed by atoms with Crippen LogP contribution in [0.3, 0.4) is 0 Å². The van der Waals surface area contributed by atoms with Gasteiger partial charge in [0.25, 0.3) is 0 Å². The number of carboxylic acid groups (broad SMARTS) is 1. The van der Waals surface area contributed by atoms with Gasteiger partial charge in [-0.2, -0.15) is 0 Å². The van der Waals surface area contributed by atoms with Gasteiger partial charge in [-0.3, -0.25) is 0 Å². The molecule has 16 heavy (non-hydrogen) atoms. The molecule has 5 heteroatoms. The van der Waals surface area contributed by atoms with E-state index in [0.717, 1.165) is 0 Å². The second kappa shape index (κ2) is 2.85. The summed E-state index contributed by atoms with van der Waals surface area (Å²) in [5, 5.41) is 10.1. The topological polar surface area (TPSA) is 66.2 Å². The van der Waals surface area contributed by atoms with Gasteiger partial charge in [-0.15, -0.1) is 0 Å². The lowest BCUT2D eigenvalue weighted by atomic mass is 10.2. The van der Waals surface area contributed by atoms with Crippen molar-refractivity contribution in [3.8, 4) is 0 Å². The first kappa shape index (κ1) is 8.96. The van der Waals surface area contributed by atoms with Gasteiger partial charge in [-0.25, -0.2) is 9.18 Å². The maximum atomic E-state index is 12.9. The zero-order valence-corrected chi connectivity index (χ0v) is 7.95. The second-order valence-electron chi connectivity index (χ2n) is 3.47. The van der Waals surface area contributed by atoms with Crippen LogP contribution in [0.5, 0.6) is 0 Å². The molecule has 3 aromatic rings. The Bertz CT molecular complexity index is 710. The molecule has 0 atom stereocenters. The summed E-state index contributed by atoms with van der Waals surface area (Å²) in [4.78, 5) is 13.3. The maximum Gasteiger partial charge on any atom is 0.352 e. The Morgan fingerprint density at radius 2 is 2.12 bits per heavy atom. The molecule has 0 saturated heterocycles. The van der Waals surface area contributed by atoms with Crippen molar-refractivity contribution in [2.24, 2.45) is 0 Å². The Labute approximate surface area is 88.3 Å². The number of H-pyrrole nitrogens is 1. The minimum Gasteiger partial charge on any atom is -0.477 e. The number of carboxylic acids is 1. The SMILES string of the molecule is O=C(O)c1cc2c([nH]1)oc1cc(F)ccc12. The van der Waals surface area contributed by atoms with Gasteiger partial charge in [-0.05, 0) is 18.2 Å². The molecule has 2 heterocycles. The lowest BCUT2D eigenvalue weighted by molar-refractivity contribution is 0.0691. The van der Waals surface area contributed by atoms with Gasteiger partial charge in [0.1, 0.15) is 17.1 Å². The fourth-order valence-electron chi connectivity index (χ4n) is 1.74. The molecule has 0 aliphatic heterocycles. The zero-order valence-electron chi connectivity index (χ0n) is 7.95. The molecule has 0 spiro atoms. The molecule has 4 nitrogen and oxygen atoms in total. The lowest BCUT2D eigenvalue weighted by Crippen LogP contribution is -1.94. The Balaban J connectivity index is 2.38. The Morgan fingerprint density at radius 1 is 1.31 bits per heavy atom. The van der Waals surface area contributed by atoms with Gasteiger partial charge in [0.05, 0.1) is 0 Å². The van der Waals surface area contributed by atoms with E-state index >= 15 is 0 Å². The van der Waals surface area contributed by atoms with Gasteiger partial charge in [0.15, 0.2) is 0 Å². The number of hydrogen-bond donors (Lipinski definition) is 2. The number of fused-ring (bicyclic) bond motifs is 3. The molecule has 0 amide bonds. The van der Waals surface area contributed by atoms with Crippen molar-refractivity contribution in [1.82, 2.24) is 4.98 Å². The van der Waals surface area contributed by atoms with E-state index in [1.54, 1.807) is 6.07 Å². The molecule has 0 radical (unpaired) electrons. The minimum absolute atomic E-state index is 0.0555. The second-order valence-corrected chi connectivity index (χ2v) is 3.47. The van der Waals surface area contributed by atoms with Crippen LogP contribution in [0, 0.1) is 5.82 Å². The van der Waals surface area contributed by atoms with Crippen LogP contribution < -0.4 is 0 Å². The summed E-state index contributed by atoms with van der Waals surface area (Å²) >= 11 is 0. The number of benzene rings is 1. The van der Waals surface area contributed by atoms with Crippen molar-refractivity contribution in [3.63, 3.8) is 0 Å². The van der Waals surface area contributed by atoms with Gasteiger partial charge >= 0.3 is 5.97 Å². The van der Waals surface area contributed by atoms with Crippen LogP contribution in [0.4, 0.5) is 4.39 Å². The van der Waals surface area contributed by atoms with Gasteiger partial charge in [-0.1, -0.05) is 0 Å². The van der Waals surface area contributed by atoms with Crippen LogP contribution in [0.15, 0.2) is 28.7 Å². The van der Waals surface area contributed by atoms with Crippen molar-refractivity contribution in [3.05, 3.63) is 35.8 Å². The number of aromatic nitrogens is 1. The highest BCUT2D eigenvalue weighted by Gasteiger charge is 2.14. The van der Waals surface area contributed by atoms with E-state index in [2.05, 4.69) is 4.98 Å². The fraction of sp³-hybridized carbons (Fsp3) is 0. The van der Waals surface area contributed by atoms with Crippen molar-refractivity contribution in [1.29, 1.82) is 0 Å². The molecular formula is C11H6FNO3. The third-order valence-corrected chi connectivity index (χ3v) is 2.46. The average Bonchev–Trinajstić information content (AvgIpc) is 2.73. The van der Waals surface area contributed by atoms with E-state index in [9.17, 15) is 9.18 Å². The maximum absolute atomic E-state index is 12.9. The number of furan rings is 1. The summed E-state index contributed by atoms with van der Waals surface area (Å²) in [6.45, 7) is 0. The standard InChI is InChI=1S/C11H6FNO3/c12-5-1-2-6-7-4-8(11(14)15)13-10(7)16-9(6)3-5/h1-4,13H,(H,14,15). The molecule has 3 rings (SSSR count). The van der Waals surface area contributed by atoms with Crippen LogP contribution in [-0.4, -0.2) is 16.1 Å². The number of nitrogens with one attached hydrogen (secondary N) is 1. The highest BCUT2D eigenvalue weighted by molar-refractivity contribution is 6.06. The molecule has 0 aliphatic rings. The van der Waals surface area contributed by atoms with E-state index in [1.165, 1.54) is 18.2 Å². The quantitative estimate of drug-likeness (QED) is 0.661. The summed E-state index contributed by atoms with van der Waals surface area (Å²) in [6.07, 6.45) is 0. The average molecular weight is 219 g/mol. The summed E-state index contributed by atoms with van der Waals surface area (Å²) in [6, 6.07) is 5.62. The molecular weight excluding hydrogens is 213 g/mol. The Morgan fingerprint density at radius 3 is 2.88 bits per heavy atom. The predicted octanol–water partition coefficient (Wildman–Crippen LogP) is 2.75. The first-order chi connectivity index (χ1) is 7.65. The van der Waals surface area contributed by atoms with Gasteiger partial charge < -0.3 is 14.5 Å². The van der Waals surface area contributed by atoms with Gasteiger partial charge in [0.2, 0.25) is 5.71 Å². The van der Waals surface area contributed by atoms with E-state index in [-0.39, 0.29) is 11.5 Å². The molecule has 2 aromatic heterocycles. The number of rotatable bonds is 1. The van der Waals surface area contributed by atoms with E-state index in [1.807, 2.05) is 0 Å². The third-order valence-electron chi connectivity index (χ3n) is 2.46.